The van der Waals surface area contributed by atoms with E-state index in [2.05, 4.69) is 10.5 Å². The van der Waals surface area contributed by atoms with Crippen LogP contribution in [0, 0.1) is 0 Å². The van der Waals surface area contributed by atoms with E-state index in [0.29, 0.717) is 38.1 Å². The van der Waals surface area contributed by atoms with E-state index in [9.17, 15) is 14.4 Å². The summed E-state index contributed by atoms with van der Waals surface area (Å²) in [6.07, 6.45) is 6.50. The van der Waals surface area contributed by atoms with Crippen molar-refractivity contribution in [3.8, 4) is 0 Å². The van der Waals surface area contributed by atoms with Crippen LogP contribution in [0.3, 0.4) is 0 Å². The summed E-state index contributed by atoms with van der Waals surface area (Å²) in [5.74, 6) is -0.393. The Bertz CT molecular complexity index is 848. The molecule has 0 radical (unpaired) electrons. The van der Waals surface area contributed by atoms with Crippen molar-refractivity contribution in [1.82, 2.24) is 14.8 Å². The van der Waals surface area contributed by atoms with Crippen molar-refractivity contribution in [3.63, 3.8) is 0 Å². The summed E-state index contributed by atoms with van der Waals surface area (Å²) in [5, 5.41) is 7.01. The Labute approximate surface area is 157 Å². The number of amides is 2. The van der Waals surface area contributed by atoms with Crippen molar-refractivity contribution in [2.75, 3.05) is 13.1 Å². The molecule has 1 saturated heterocycles. The predicted molar refractivity (Wildman–Crippen MR) is 98.5 cm³/mol. The number of piperidine rings is 1. The maximum absolute atomic E-state index is 12.7. The fourth-order valence-electron chi connectivity index (χ4n) is 3.78. The predicted octanol–water partition coefficient (Wildman–Crippen LogP) is 0.805. The molecule has 2 amide bonds. The lowest BCUT2D eigenvalue weighted by molar-refractivity contribution is -0.116. The van der Waals surface area contributed by atoms with Crippen molar-refractivity contribution in [3.05, 3.63) is 34.2 Å². The number of likely N-dealkylation sites (tertiary alicyclic amines) is 1. The molecule has 3 heterocycles. The molecule has 144 valence electrons. The third-order valence-electron chi connectivity index (χ3n) is 5.86. The molecule has 1 aliphatic carbocycles. The second-order valence-electron chi connectivity index (χ2n) is 7.72. The fraction of sp³-hybridized carbons (Fsp3) is 0.579. The van der Waals surface area contributed by atoms with Gasteiger partial charge in [0.25, 0.3) is 17.4 Å². The number of aryl methyl sites for hydroxylation is 1. The van der Waals surface area contributed by atoms with Gasteiger partial charge in [-0.3, -0.25) is 14.4 Å². The zero-order valence-corrected chi connectivity index (χ0v) is 15.4. The van der Waals surface area contributed by atoms with Crippen LogP contribution in [0.25, 0.3) is 0 Å². The van der Waals surface area contributed by atoms with Crippen molar-refractivity contribution in [2.45, 2.75) is 50.2 Å². The molecule has 1 aromatic heterocycles. The zero-order valence-electron chi connectivity index (χ0n) is 15.4. The normalized spacial score (nSPS) is 21.4. The lowest BCUT2D eigenvalue weighted by Gasteiger charge is -2.37. The van der Waals surface area contributed by atoms with Gasteiger partial charge in [-0.15, -0.1) is 0 Å². The Hall–Kier alpha value is -2.64. The second kappa shape index (κ2) is 6.83. The molecule has 0 unspecified atom stereocenters. The molecule has 0 aromatic carbocycles. The number of hydrogen-bond donors (Lipinski definition) is 1. The number of carbonyl (C=O) groups is 2. The van der Waals surface area contributed by atoms with Crippen LogP contribution in [-0.2, 0) is 16.7 Å². The van der Waals surface area contributed by atoms with E-state index in [0.717, 1.165) is 19.3 Å². The lowest BCUT2D eigenvalue weighted by Crippen LogP contribution is -2.49. The average Bonchev–Trinajstić information content (AvgIpc) is 3.04. The van der Waals surface area contributed by atoms with Crippen LogP contribution in [0.15, 0.2) is 28.3 Å². The average molecular weight is 372 g/mol. The van der Waals surface area contributed by atoms with Gasteiger partial charge in [0.15, 0.2) is 0 Å². The largest absolute Gasteiger partial charge is 0.388 e. The molecule has 1 saturated carbocycles. The van der Waals surface area contributed by atoms with Gasteiger partial charge in [0.2, 0.25) is 0 Å². The summed E-state index contributed by atoms with van der Waals surface area (Å²) in [7, 11) is 1.63. The highest BCUT2D eigenvalue weighted by Crippen LogP contribution is 2.35. The molecule has 0 bridgehead atoms. The maximum atomic E-state index is 12.7. The summed E-state index contributed by atoms with van der Waals surface area (Å²) in [5.41, 5.74) is -0.179. The van der Waals surface area contributed by atoms with E-state index in [1.54, 1.807) is 30.3 Å². The van der Waals surface area contributed by atoms with Crippen molar-refractivity contribution in [2.24, 2.45) is 12.2 Å². The highest BCUT2D eigenvalue weighted by atomic mass is 16.7. The summed E-state index contributed by atoms with van der Waals surface area (Å²) in [4.78, 5) is 44.5. The van der Waals surface area contributed by atoms with E-state index < -0.39 is 5.60 Å². The number of nitrogens with one attached hydrogen (secondary N) is 1. The number of aromatic nitrogens is 1. The molecule has 0 atom stereocenters. The van der Waals surface area contributed by atoms with Gasteiger partial charge in [-0.25, -0.2) is 0 Å². The molecule has 1 spiro atoms. The Morgan fingerprint density at radius 3 is 2.70 bits per heavy atom. The van der Waals surface area contributed by atoms with Gasteiger partial charge in [0.1, 0.15) is 16.9 Å². The van der Waals surface area contributed by atoms with Gasteiger partial charge in [0, 0.05) is 51.6 Å². The minimum atomic E-state index is -0.509. The monoisotopic (exact) mass is 372 g/mol. The van der Waals surface area contributed by atoms with Crippen LogP contribution in [0.2, 0.25) is 0 Å². The Kier molecular flexibility index (Phi) is 4.49. The lowest BCUT2D eigenvalue weighted by atomic mass is 9.86. The van der Waals surface area contributed by atoms with E-state index in [4.69, 9.17) is 4.84 Å². The van der Waals surface area contributed by atoms with Gasteiger partial charge in [0.05, 0.1) is 0 Å². The van der Waals surface area contributed by atoms with Crippen LogP contribution in [0.4, 0.5) is 0 Å². The molecule has 2 aliphatic heterocycles. The van der Waals surface area contributed by atoms with Gasteiger partial charge in [-0.05, 0) is 31.4 Å². The molecule has 8 heteroatoms. The van der Waals surface area contributed by atoms with Crippen LogP contribution in [-0.4, -0.2) is 51.7 Å². The molecule has 1 aromatic rings. The molecule has 1 N–H and O–H groups in total. The molecular formula is C19H24N4O4. The topological polar surface area (TPSA) is 93.0 Å². The molecule has 8 nitrogen and oxygen atoms in total. The Morgan fingerprint density at radius 1 is 1.30 bits per heavy atom. The van der Waals surface area contributed by atoms with Crippen molar-refractivity contribution in [1.29, 1.82) is 0 Å². The highest BCUT2D eigenvalue weighted by Gasteiger charge is 2.45. The van der Waals surface area contributed by atoms with Crippen LogP contribution >= 0.6 is 0 Å². The first-order valence-electron chi connectivity index (χ1n) is 9.48. The molecule has 4 rings (SSSR count). The minimum Gasteiger partial charge on any atom is -0.388 e. The summed E-state index contributed by atoms with van der Waals surface area (Å²) >= 11 is 0. The Balaban J connectivity index is 1.35. The van der Waals surface area contributed by atoms with Gasteiger partial charge in [-0.2, -0.15) is 0 Å². The number of carbonyl (C=O) groups excluding carboxylic acids is 2. The number of nitrogens with zero attached hydrogens (tertiary/aromatic N) is 3. The summed E-state index contributed by atoms with van der Waals surface area (Å²) in [6.45, 7) is 0.952. The molecule has 3 aliphatic rings. The standard InChI is InChI=1S/C19H24N4O4/c1-22-9-3-6-14(17(22)25)18(26)23-10-7-19(8-11-23)12-15(21-27-19)16(24)20-13-4-2-5-13/h3,6,9,13H,2,4-5,7-8,10-12H2,1H3,(H,20,24). The fourth-order valence-corrected chi connectivity index (χ4v) is 3.78. The van der Waals surface area contributed by atoms with Crippen LogP contribution < -0.4 is 10.9 Å². The third kappa shape index (κ3) is 3.36. The summed E-state index contributed by atoms with van der Waals surface area (Å²) in [6, 6.07) is 3.53. The number of hydrogen-bond acceptors (Lipinski definition) is 5. The first-order chi connectivity index (χ1) is 13.0. The van der Waals surface area contributed by atoms with Crippen LogP contribution in [0.1, 0.15) is 48.9 Å². The molecule has 27 heavy (non-hydrogen) atoms. The first-order valence-corrected chi connectivity index (χ1v) is 9.48. The van der Waals surface area contributed by atoms with E-state index >= 15 is 0 Å². The number of oxime groups is 1. The van der Waals surface area contributed by atoms with Crippen LogP contribution in [0.5, 0.6) is 0 Å². The molecular weight excluding hydrogens is 348 g/mol. The van der Waals surface area contributed by atoms with Crippen molar-refractivity contribution < 1.29 is 14.4 Å². The minimum absolute atomic E-state index is 0.136. The Morgan fingerprint density at radius 2 is 2.04 bits per heavy atom. The maximum Gasteiger partial charge on any atom is 0.269 e. The first kappa shape index (κ1) is 17.8. The van der Waals surface area contributed by atoms with Gasteiger partial charge in [-0.1, -0.05) is 5.16 Å². The smallest absolute Gasteiger partial charge is 0.269 e. The SMILES string of the molecule is Cn1cccc(C(=O)N2CCC3(CC2)CC(C(=O)NC2CCC2)=NO3)c1=O. The molecule has 2 fully saturated rings. The third-order valence-corrected chi connectivity index (χ3v) is 5.86. The number of pyridine rings is 1. The second-order valence-corrected chi connectivity index (χ2v) is 7.72. The quantitative estimate of drug-likeness (QED) is 0.850. The van der Waals surface area contributed by atoms with Gasteiger partial charge < -0.3 is 19.6 Å². The van der Waals surface area contributed by atoms with E-state index in [1.807, 2.05) is 0 Å². The summed E-state index contributed by atoms with van der Waals surface area (Å²) < 4.78 is 1.40. The highest BCUT2D eigenvalue weighted by molar-refractivity contribution is 6.39. The van der Waals surface area contributed by atoms with E-state index in [1.165, 1.54) is 4.57 Å². The van der Waals surface area contributed by atoms with Crippen molar-refractivity contribution >= 4 is 17.5 Å². The van der Waals surface area contributed by atoms with Gasteiger partial charge >= 0.3 is 0 Å². The van der Waals surface area contributed by atoms with E-state index in [-0.39, 0.29) is 29.0 Å². The zero-order chi connectivity index (χ0) is 19.0. The number of rotatable bonds is 3.